The summed E-state index contributed by atoms with van der Waals surface area (Å²) in [5, 5.41) is 0. The van der Waals surface area contributed by atoms with Gasteiger partial charge < -0.3 is 0 Å². The molecule has 0 unspecified atom stereocenters. The van der Waals surface area contributed by atoms with Crippen molar-refractivity contribution in [1.29, 1.82) is 0 Å². The van der Waals surface area contributed by atoms with Crippen LogP contribution in [-0.2, 0) is 9.59 Å². The van der Waals surface area contributed by atoms with Crippen molar-refractivity contribution in [2.24, 2.45) is 29.1 Å². The molecule has 4 nitrogen and oxygen atoms in total. The van der Waals surface area contributed by atoms with Gasteiger partial charge in [0, 0.05) is 12.4 Å². The number of nitrogens with zero attached hydrogens (tertiary/aromatic N) is 2. The van der Waals surface area contributed by atoms with Crippen LogP contribution in [0.15, 0.2) is 36.7 Å². The van der Waals surface area contributed by atoms with Crippen LogP contribution in [0.1, 0.15) is 12.8 Å². The molecular formula is C16H14N2O2. The average molecular weight is 266 g/mol. The summed E-state index contributed by atoms with van der Waals surface area (Å²) in [7, 11) is 0. The molecule has 0 N–H and O–H groups in total. The van der Waals surface area contributed by atoms with E-state index in [0.29, 0.717) is 17.5 Å². The van der Waals surface area contributed by atoms with Gasteiger partial charge in [-0.15, -0.1) is 0 Å². The second-order valence-corrected chi connectivity index (χ2v) is 6.44. The number of imide groups is 1. The number of allylic oxidation sites excluding steroid dienone is 2. The van der Waals surface area contributed by atoms with Crippen molar-refractivity contribution in [3.05, 3.63) is 36.7 Å². The summed E-state index contributed by atoms with van der Waals surface area (Å²) >= 11 is 0. The summed E-state index contributed by atoms with van der Waals surface area (Å²) in [4.78, 5) is 30.8. The molecule has 1 saturated heterocycles. The standard InChI is InChI=1S/C16H14N2O2/c19-14-12-10-1-2-11(16(10)5-6-16)13(12)15(20)18(14)9-3-7-17-8-4-9/h1-4,7-8,10-13H,5-6H2/t10-,11-,12-,13+/m0/s1. The van der Waals surface area contributed by atoms with Crippen LogP contribution < -0.4 is 4.90 Å². The number of rotatable bonds is 1. The number of aromatic nitrogens is 1. The van der Waals surface area contributed by atoms with Crippen LogP contribution in [-0.4, -0.2) is 16.8 Å². The van der Waals surface area contributed by atoms with Gasteiger partial charge in [-0.05, 0) is 42.2 Å². The third kappa shape index (κ3) is 1.00. The average Bonchev–Trinajstić information content (AvgIpc) is 3.06. The van der Waals surface area contributed by atoms with E-state index in [9.17, 15) is 9.59 Å². The lowest BCUT2D eigenvalue weighted by molar-refractivity contribution is -0.123. The van der Waals surface area contributed by atoms with Gasteiger partial charge in [0.25, 0.3) is 0 Å². The Balaban J connectivity index is 1.60. The predicted molar refractivity (Wildman–Crippen MR) is 71.5 cm³/mol. The molecule has 3 fully saturated rings. The van der Waals surface area contributed by atoms with Gasteiger partial charge in [0.1, 0.15) is 0 Å². The molecule has 4 aliphatic rings. The molecule has 1 aromatic heterocycles. The number of hydrogen-bond acceptors (Lipinski definition) is 3. The van der Waals surface area contributed by atoms with Gasteiger partial charge in [-0.3, -0.25) is 14.6 Å². The first-order valence-corrected chi connectivity index (χ1v) is 7.20. The highest BCUT2D eigenvalue weighted by Crippen LogP contribution is 2.73. The molecule has 20 heavy (non-hydrogen) atoms. The molecule has 1 spiro atoms. The summed E-state index contributed by atoms with van der Waals surface area (Å²) in [6, 6.07) is 3.47. The van der Waals surface area contributed by atoms with Gasteiger partial charge in [-0.2, -0.15) is 0 Å². The lowest BCUT2D eigenvalue weighted by Gasteiger charge is -2.21. The van der Waals surface area contributed by atoms with Crippen LogP contribution in [0, 0.1) is 29.1 Å². The van der Waals surface area contributed by atoms with Crippen LogP contribution in [0.3, 0.4) is 0 Å². The van der Waals surface area contributed by atoms with Crippen molar-refractivity contribution in [2.45, 2.75) is 12.8 Å². The van der Waals surface area contributed by atoms with Crippen molar-refractivity contribution >= 4 is 17.5 Å². The second kappa shape index (κ2) is 3.19. The smallest absolute Gasteiger partial charge is 0.238 e. The molecule has 2 heterocycles. The number of hydrogen-bond donors (Lipinski definition) is 0. The van der Waals surface area contributed by atoms with E-state index in [1.165, 1.54) is 17.7 Å². The third-order valence-electron chi connectivity index (χ3n) is 5.77. The summed E-state index contributed by atoms with van der Waals surface area (Å²) in [5.74, 6) is 0.339. The normalized spacial score (nSPS) is 38.9. The summed E-state index contributed by atoms with van der Waals surface area (Å²) < 4.78 is 0. The fourth-order valence-electron chi connectivity index (χ4n) is 4.83. The highest BCUT2D eigenvalue weighted by molar-refractivity contribution is 6.23. The third-order valence-corrected chi connectivity index (χ3v) is 5.77. The minimum atomic E-state index is -0.117. The van der Waals surface area contributed by atoms with E-state index in [-0.39, 0.29) is 29.1 Å². The summed E-state index contributed by atoms with van der Waals surface area (Å²) in [6.07, 6.45) is 9.99. The first kappa shape index (κ1) is 10.8. The van der Waals surface area contributed by atoms with Crippen molar-refractivity contribution < 1.29 is 9.59 Å². The maximum Gasteiger partial charge on any atom is 0.238 e. The van der Waals surface area contributed by atoms with E-state index in [0.717, 1.165) is 0 Å². The zero-order chi connectivity index (χ0) is 13.5. The highest BCUT2D eigenvalue weighted by atomic mass is 16.2. The molecule has 2 saturated carbocycles. The van der Waals surface area contributed by atoms with Gasteiger partial charge in [0.15, 0.2) is 0 Å². The SMILES string of the molecule is O=C1[C@@H]2[C@H](C(=O)N1c1ccncc1)[C@@H]1C=C[C@@H]2C12CC2. The fourth-order valence-corrected chi connectivity index (χ4v) is 4.83. The van der Waals surface area contributed by atoms with Crippen molar-refractivity contribution in [2.75, 3.05) is 4.90 Å². The molecular weight excluding hydrogens is 252 g/mol. The Morgan fingerprint density at radius 2 is 1.55 bits per heavy atom. The molecule has 1 aliphatic heterocycles. The van der Waals surface area contributed by atoms with E-state index in [2.05, 4.69) is 17.1 Å². The Hall–Kier alpha value is -1.97. The molecule has 2 bridgehead atoms. The number of carbonyl (C=O) groups is 2. The molecule has 4 atom stereocenters. The minimum absolute atomic E-state index is 0.00525. The Morgan fingerprint density at radius 3 is 2.05 bits per heavy atom. The monoisotopic (exact) mass is 266 g/mol. The zero-order valence-electron chi connectivity index (χ0n) is 10.9. The van der Waals surface area contributed by atoms with Crippen molar-refractivity contribution in [3.63, 3.8) is 0 Å². The fraction of sp³-hybridized carbons (Fsp3) is 0.438. The molecule has 5 rings (SSSR count). The number of amides is 2. The largest absolute Gasteiger partial charge is 0.274 e. The highest BCUT2D eigenvalue weighted by Gasteiger charge is 2.73. The van der Waals surface area contributed by atoms with E-state index >= 15 is 0 Å². The van der Waals surface area contributed by atoms with Crippen LogP contribution in [0.25, 0.3) is 0 Å². The number of fused-ring (bicyclic) bond motifs is 3. The topological polar surface area (TPSA) is 50.3 Å². The van der Waals surface area contributed by atoms with Gasteiger partial charge in [-0.25, -0.2) is 4.90 Å². The molecule has 0 radical (unpaired) electrons. The van der Waals surface area contributed by atoms with Gasteiger partial charge in [0.05, 0.1) is 17.5 Å². The molecule has 2 amide bonds. The lowest BCUT2D eigenvalue weighted by Crippen LogP contribution is -2.34. The minimum Gasteiger partial charge on any atom is -0.274 e. The van der Waals surface area contributed by atoms with Crippen LogP contribution in [0.4, 0.5) is 5.69 Å². The second-order valence-electron chi connectivity index (χ2n) is 6.44. The van der Waals surface area contributed by atoms with Crippen LogP contribution >= 0.6 is 0 Å². The van der Waals surface area contributed by atoms with Crippen molar-refractivity contribution in [3.8, 4) is 0 Å². The van der Waals surface area contributed by atoms with E-state index in [4.69, 9.17) is 0 Å². The lowest BCUT2D eigenvalue weighted by atomic mass is 9.85. The van der Waals surface area contributed by atoms with Gasteiger partial charge in [-0.1, -0.05) is 12.2 Å². The quantitative estimate of drug-likeness (QED) is 0.575. The number of anilines is 1. The number of carbonyl (C=O) groups excluding carboxylic acids is 2. The van der Waals surface area contributed by atoms with Crippen LogP contribution in [0.5, 0.6) is 0 Å². The van der Waals surface area contributed by atoms with E-state index in [1.807, 2.05) is 0 Å². The Labute approximate surface area is 116 Å². The van der Waals surface area contributed by atoms with E-state index < -0.39 is 0 Å². The van der Waals surface area contributed by atoms with E-state index in [1.54, 1.807) is 24.5 Å². The van der Waals surface area contributed by atoms with Crippen molar-refractivity contribution in [1.82, 2.24) is 4.98 Å². The van der Waals surface area contributed by atoms with Gasteiger partial charge in [0.2, 0.25) is 11.8 Å². The number of pyridine rings is 1. The molecule has 3 aliphatic carbocycles. The summed E-state index contributed by atoms with van der Waals surface area (Å²) in [5.41, 5.74) is 0.930. The molecule has 1 aromatic rings. The van der Waals surface area contributed by atoms with Crippen LogP contribution in [0.2, 0.25) is 0 Å². The van der Waals surface area contributed by atoms with Gasteiger partial charge >= 0.3 is 0 Å². The first-order valence-electron chi connectivity index (χ1n) is 7.20. The molecule has 100 valence electrons. The Morgan fingerprint density at radius 1 is 1.00 bits per heavy atom. The Kier molecular flexibility index (Phi) is 1.72. The Bertz CT molecular complexity index is 628. The molecule has 0 aromatic carbocycles. The maximum absolute atomic E-state index is 12.8. The molecule has 4 heteroatoms. The zero-order valence-corrected chi connectivity index (χ0v) is 10.9. The maximum atomic E-state index is 12.8. The summed E-state index contributed by atoms with van der Waals surface area (Å²) in [6.45, 7) is 0. The first-order chi connectivity index (χ1) is 9.74. The predicted octanol–water partition coefficient (Wildman–Crippen LogP) is 1.78.